The maximum Gasteiger partial charge on any atom is 0.241 e. The molecular weight excluding hydrogens is 288 g/mol. The van der Waals surface area contributed by atoms with Crippen molar-refractivity contribution in [2.24, 2.45) is 0 Å². The Hall–Kier alpha value is -1.11. The highest BCUT2D eigenvalue weighted by atomic mass is 32.2. The third-order valence-corrected chi connectivity index (χ3v) is 6.30. The number of anilines is 1. The quantitative estimate of drug-likeness (QED) is 0.815. The number of sulfonamides is 1. The Morgan fingerprint density at radius 2 is 1.90 bits per heavy atom. The topological polar surface area (TPSA) is 81.4 Å². The van der Waals surface area contributed by atoms with Crippen molar-refractivity contribution >= 4 is 15.7 Å². The molecule has 0 spiro atoms. The van der Waals surface area contributed by atoms with Crippen molar-refractivity contribution in [3.63, 3.8) is 0 Å². The first-order valence-electron chi connectivity index (χ1n) is 7.13. The Balaban J connectivity index is 2.32. The Morgan fingerprint density at radius 1 is 1.29 bits per heavy atom. The van der Waals surface area contributed by atoms with Gasteiger partial charge in [-0.25, -0.2) is 13.1 Å². The van der Waals surface area contributed by atoms with E-state index < -0.39 is 10.0 Å². The third-order valence-electron chi connectivity index (χ3n) is 4.63. The minimum atomic E-state index is -3.60. The summed E-state index contributed by atoms with van der Waals surface area (Å²) in [5.41, 5.74) is 8.30. The molecule has 3 N–H and O–H groups in total. The molecule has 118 valence electrons. The van der Waals surface area contributed by atoms with Crippen LogP contribution in [0, 0.1) is 20.8 Å². The summed E-state index contributed by atoms with van der Waals surface area (Å²) in [7, 11) is -1.96. The number of rotatable bonds is 5. The van der Waals surface area contributed by atoms with Crippen LogP contribution >= 0.6 is 0 Å². The van der Waals surface area contributed by atoms with E-state index in [0.29, 0.717) is 22.7 Å². The van der Waals surface area contributed by atoms with E-state index in [9.17, 15) is 8.42 Å². The Morgan fingerprint density at radius 3 is 2.38 bits per heavy atom. The van der Waals surface area contributed by atoms with Crippen LogP contribution in [0.3, 0.4) is 0 Å². The summed E-state index contributed by atoms with van der Waals surface area (Å²) >= 11 is 0. The van der Waals surface area contributed by atoms with Gasteiger partial charge in [0.05, 0.1) is 10.5 Å². The predicted molar refractivity (Wildman–Crippen MR) is 83.8 cm³/mol. The first-order valence-corrected chi connectivity index (χ1v) is 8.62. The largest absolute Gasteiger partial charge is 0.398 e. The third kappa shape index (κ3) is 2.93. The minimum Gasteiger partial charge on any atom is -0.398 e. The van der Waals surface area contributed by atoms with Crippen LogP contribution < -0.4 is 10.5 Å². The highest BCUT2D eigenvalue weighted by Crippen LogP contribution is 2.35. The number of methoxy groups -OCH3 is 1. The zero-order chi connectivity index (χ0) is 15.8. The molecular formula is C15H24N2O3S. The number of nitrogens with two attached hydrogens (primary N) is 1. The fourth-order valence-electron chi connectivity index (χ4n) is 2.77. The molecule has 0 heterocycles. The zero-order valence-electron chi connectivity index (χ0n) is 13.1. The van der Waals surface area contributed by atoms with Gasteiger partial charge in [-0.15, -0.1) is 0 Å². The lowest BCUT2D eigenvalue weighted by molar-refractivity contribution is -0.0659. The molecule has 5 nitrogen and oxygen atoms in total. The lowest BCUT2D eigenvalue weighted by Crippen LogP contribution is -2.49. The van der Waals surface area contributed by atoms with Crippen molar-refractivity contribution in [3.05, 3.63) is 22.8 Å². The lowest BCUT2D eigenvalue weighted by atomic mass is 9.80. The molecule has 1 aliphatic rings. The number of hydrogen-bond donors (Lipinski definition) is 2. The summed E-state index contributed by atoms with van der Waals surface area (Å²) in [6.45, 7) is 5.73. The fraction of sp³-hybridized carbons (Fsp3) is 0.600. The zero-order valence-corrected chi connectivity index (χ0v) is 13.9. The smallest absolute Gasteiger partial charge is 0.241 e. The predicted octanol–water partition coefficient (Wildman–Crippen LogP) is 2.04. The highest BCUT2D eigenvalue weighted by Gasteiger charge is 2.38. The summed E-state index contributed by atoms with van der Waals surface area (Å²) in [5, 5.41) is 0. The summed E-state index contributed by atoms with van der Waals surface area (Å²) in [4.78, 5) is 0.297. The van der Waals surface area contributed by atoms with Gasteiger partial charge in [0.2, 0.25) is 10.0 Å². The van der Waals surface area contributed by atoms with E-state index in [-0.39, 0.29) is 5.60 Å². The monoisotopic (exact) mass is 312 g/mol. The Bertz CT molecular complexity index is 618. The van der Waals surface area contributed by atoms with Crippen LogP contribution in [0.15, 0.2) is 11.0 Å². The van der Waals surface area contributed by atoms with Gasteiger partial charge in [-0.1, -0.05) is 0 Å². The number of hydrogen-bond acceptors (Lipinski definition) is 4. The molecule has 0 saturated heterocycles. The van der Waals surface area contributed by atoms with Crippen LogP contribution in [0.2, 0.25) is 0 Å². The van der Waals surface area contributed by atoms with E-state index in [4.69, 9.17) is 10.5 Å². The fourth-order valence-corrected chi connectivity index (χ4v) is 4.45. The molecule has 1 aromatic rings. The van der Waals surface area contributed by atoms with Gasteiger partial charge in [-0.3, -0.25) is 0 Å². The molecule has 0 atom stereocenters. The maximum absolute atomic E-state index is 12.7. The van der Waals surface area contributed by atoms with Gasteiger partial charge in [0, 0.05) is 19.3 Å². The summed E-state index contributed by atoms with van der Waals surface area (Å²) < 4.78 is 33.5. The number of aryl methyl sites for hydroxylation is 1. The number of ether oxygens (including phenoxy) is 1. The van der Waals surface area contributed by atoms with Crippen LogP contribution in [-0.4, -0.2) is 27.7 Å². The molecule has 0 aromatic heterocycles. The standard InChI is InChI=1S/C15H24N2O3S/c1-10-8-13(16)12(3)14(11(10)2)21(18,19)17-9-15(20-4)6-5-7-15/h8,17H,5-7,9,16H2,1-4H3. The van der Waals surface area contributed by atoms with Crippen molar-refractivity contribution in [1.29, 1.82) is 0 Å². The average molecular weight is 312 g/mol. The second-order valence-corrected chi connectivity index (χ2v) is 7.63. The maximum atomic E-state index is 12.7. The van der Waals surface area contributed by atoms with Crippen LogP contribution in [0.4, 0.5) is 5.69 Å². The second kappa shape index (κ2) is 5.59. The first kappa shape index (κ1) is 16.3. The normalized spacial score (nSPS) is 17.5. The second-order valence-electron chi connectivity index (χ2n) is 5.93. The first-order chi connectivity index (χ1) is 9.72. The van der Waals surface area contributed by atoms with Crippen LogP contribution in [-0.2, 0) is 14.8 Å². The molecule has 0 bridgehead atoms. The van der Waals surface area contributed by atoms with Crippen molar-refractivity contribution in [3.8, 4) is 0 Å². The van der Waals surface area contributed by atoms with E-state index in [0.717, 1.165) is 30.4 Å². The number of benzene rings is 1. The average Bonchev–Trinajstić information content (AvgIpc) is 2.35. The summed E-state index contributed by atoms with van der Waals surface area (Å²) in [6, 6.07) is 1.81. The molecule has 0 radical (unpaired) electrons. The minimum absolute atomic E-state index is 0.297. The molecule has 6 heteroatoms. The molecule has 0 unspecified atom stereocenters. The van der Waals surface area contributed by atoms with E-state index in [2.05, 4.69) is 4.72 Å². The van der Waals surface area contributed by atoms with Gasteiger partial charge in [0.1, 0.15) is 0 Å². The summed E-state index contributed by atoms with van der Waals surface area (Å²) in [5.74, 6) is 0. The van der Waals surface area contributed by atoms with Crippen molar-refractivity contribution < 1.29 is 13.2 Å². The molecule has 1 saturated carbocycles. The van der Waals surface area contributed by atoms with E-state index in [1.54, 1.807) is 14.0 Å². The van der Waals surface area contributed by atoms with Gasteiger partial charge in [-0.05, 0) is 62.8 Å². The Kier molecular flexibility index (Phi) is 4.33. The lowest BCUT2D eigenvalue weighted by Gasteiger charge is -2.40. The van der Waals surface area contributed by atoms with Gasteiger partial charge in [-0.2, -0.15) is 0 Å². The van der Waals surface area contributed by atoms with Crippen molar-refractivity contribution in [2.75, 3.05) is 19.4 Å². The van der Waals surface area contributed by atoms with Crippen molar-refractivity contribution in [1.82, 2.24) is 4.72 Å². The molecule has 1 aliphatic carbocycles. The van der Waals surface area contributed by atoms with Gasteiger partial charge >= 0.3 is 0 Å². The van der Waals surface area contributed by atoms with Gasteiger partial charge in [0.25, 0.3) is 0 Å². The van der Waals surface area contributed by atoms with Crippen LogP contribution in [0.1, 0.15) is 36.0 Å². The number of nitrogen functional groups attached to an aromatic ring is 1. The number of nitrogens with one attached hydrogen (secondary N) is 1. The molecule has 21 heavy (non-hydrogen) atoms. The van der Waals surface area contributed by atoms with Gasteiger partial charge in [0.15, 0.2) is 0 Å². The molecule has 1 fully saturated rings. The van der Waals surface area contributed by atoms with Crippen LogP contribution in [0.25, 0.3) is 0 Å². The van der Waals surface area contributed by atoms with Gasteiger partial charge < -0.3 is 10.5 Å². The highest BCUT2D eigenvalue weighted by molar-refractivity contribution is 7.89. The SMILES string of the molecule is COC1(CNS(=O)(=O)c2c(C)c(C)cc(N)c2C)CCC1. The van der Waals surface area contributed by atoms with E-state index >= 15 is 0 Å². The van der Waals surface area contributed by atoms with Crippen molar-refractivity contribution in [2.45, 2.75) is 50.5 Å². The van der Waals surface area contributed by atoms with E-state index in [1.807, 2.05) is 19.9 Å². The summed E-state index contributed by atoms with van der Waals surface area (Å²) in [6.07, 6.45) is 2.85. The molecule has 1 aromatic carbocycles. The van der Waals surface area contributed by atoms with E-state index in [1.165, 1.54) is 0 Å². The Labute approximate surface area is 126 Å². The van der Waals surface area contributed by atoms with Crippen LogP contribution in [0.5, 0.6) is 0 Å². The molecule has 0 aliphatic heterocycles. The molecule has 2 rings (SSSR count). The molecule has 0 amide bonds.